The Balaban J connectivity index is 1.37. The van der Waals surface area contributed by atoms with Crippen LogP contribution in [0.3, 0.4) is 0 Å². The van der Waals surface area contributed by atoms with Gasteiger partial charge in [-0.05, 0) is 74.8 Å². The van der Waals surface area contributed by atoms with E-state index in [9.17, 15) is 19.6 Å². The van der Waals surface area contributed by atoms with Crippen molar-refractivity contribution < 1.29 is 28.6 Å². The second-order valence-corrected chi connectivity index (χ2v) is 13.5. The fraction of sp³-hybridized carbons (Fsp3) is 0.647. The van der Waals surface area contributed by atoms with E-state index in [1.54, 1.807) is 13.2 Å². The lowest BCUT2D eigenvalue weighted by molar-refractivity contribution is -0.140. The number of nitriles is 1. The number of ketones is 1. The summed E-state index contributed by atoms with van der Waals surface area (Å²) in [5.74, 6) is 1.06. The maximum absolute atomic E-state index is 14.1. The van der Waals surface area contributed by atoms with Crippen molar-refractivity contribution in [1.82, 2.24) is 20.2 Å². The summed E-state index contributed by atoms with van der Waals surface area (Å²) >= 11 is 0. The molecule has 3 heterocycles. The van der Waals surface area contributed by atoms with E-state index in [2.05, 4.69) is 11.4 Å². The number of carbonyl (C=O) groups excluding carboxylic acids is 3. The van der Waals surface area contributed by atoms with Gasteiger partial charge >= 0.3 is 6.09 Å². The molecule has 11 nitrogen and oxygen atoms in total. The van der Waals surface area contributed by atoms with Gasteiger partial charge in [-0.15, -0.1) is 0 Å². The van der Waals surface area contributed by atoms with E-state index in [1.165, 1.54) is 18.2 Å². The third-order valence-corrected chi connectivity index (χ3v) is 10.2. The number of methoxy groups -OCH3 is 1. The molecule has 2 aromatic rings. The number of carbonyl (C=O) groups is 3. The molecule has 2 aliphatic carbocycles. The second kappa shape index (κ2) is 12.8. The molecule has 240 valence electrons. The molecule has 4 aliphatic rings. The summed E-state index contributed by atoms with van der Waals surface area (Å²) in [6.07, 6.45) is 5.17. The van der Waals surface area contributed by atoms with Crippen LogP contribution in [0.25, 0.3) is 11.0 Å². The Bertz CT molecular complexity index is 1510. The van der Waals surface area contributed by atoms with Gasteiger partial charge in [-0.3, -0.25) is 9.59 Å². The zero-order valence-electron chi connectivity index (χ0n) is 26.5. The molecular weight excluding hydrogens is 574 g/mol. The van der Waals surface area contributed by atoms with Gasteiger partial charge in [-0.2, -0.15) is 5.26 Å². The molecule has 1 N–H and O–H groups in total. The van der Waals surface area contributed by atoms with Crippen molar-refractivity contribution in [3.05, 3.63) is 23.9 Å². The lowest BCUT2D eigenvalue weighted by Gasteiger charge is -2.31. The number of aromatic nitrogens is 2. The van der Waals surface area contributed by atoms with Crippen LogP contribution in [0, 0.1) is 40.9 Å². The molecule has 3 fully saturated rings. The number of ether oxygens (including phenoxy) is 3. The highest BCUT2D eigenvalue weighted by molar-refractivity contribution is 5.92. The third-order valence-electron chi connectivity index (χ3n) is 10.2. The molecule has 0 spiro atoms. The Morgan fingerprint density at radius 1 is 1.11 bits per heavy atom. The molecule has 2 amide bonds. The Morgan fingerprint density at radius 3 is 2.67 bits per heavy atom. The van der Waals surface area contributed by atoms with Crippen molar-refractivity contribution in [1.29, 1.82) is 5.26 Å². The van der Waals surface area contributed by atoms with Crippen LogP contribution in [0.5, 0.6) is 11.6 Å². The summed E-state index contributed by atoms with van der Waals surface area (Å²) in [4.78, 5) is 51.7. The lowest BCUT2D eigenvalue weighted by atomic mass is 9.92. The van der Waals surface area contributed by atoms with Crippen molar-refractivity contribution in [2.75, 3.05) is 13.7 Å². The smallest absolute Gasteiger partial charge is 0.408 e. The SMILES string of the molecule is COc1ccc2nc3c(nc2c1)O[C@H]1CN(C(=O)[C@H](C(C)C)NC(=O)O[C@@H]2CC4CC4[C@H]2CCCCC3)[C@H](C(C)=O)[C@@H]1CC#N. The minimum Gasteiger partial charge on any atom is -0.497 e. The molecule has 8 atom stereocenters. The van der Waals surface area contributed by atoms with E-state index in [0.29, 0.717) is 47.0 Å². The van der Waals surface area contributed by atoms with Gasteiger partial charge in [0.25, 0.3) is 0 Å². The predicted molar refractivity (Wildman–Crippen MR) is 164 cm³/mol. The number of rotatable bonds is 4. The predicted octanol–water partition coefficient (Wildman–Crippen LogP) is 4.61. The molecule has 0 radical (unpaired) electrons. The molecule has 1 aromatic heterocycles. The highest BCUT2D eigenvalue weighted by Gasteiger charge is 2.55. The fourth-order valence-corrected chi connectivity index (χ4v) is 7.87. The van der Waals surface area contributed by atoms with E-state index in [4.69, 9.17) is 24.2 Å². The van der Waals surface area contributed by atoms with E-state index >= 15 is 0 Å². The highest BCUT2D eigenvalue weighted by Crippen LogP contribution is 2.57. The number of hydrogen-bond donors (Lipinski definition) is 1. The van der Waals surface area contributed by atoms with Crippen molar-refractivity contribution in [2.45, 2.75) is 96.4 Å². The van der Waals surface area contributed by atoms with Crippen LogP contribution in [0.4, 0.5) is 4.79 Å². The summed E-state index contributed by atoms with van der Waals surface area (Å²) in [6, 6.07) is 5.93. The summed E-state index contributed by atoms with van der Waals surface area (Å²) in [6.45, 7) is 5.21. The number of nitrogens with zero attached hydrogens (tertiary/aromatic N) is 4. The normalized spacial score (nSPS) is 31.8. The molecule has 11 heteroatoms. The second-order valence-electron chi connectivity index (χ2n) is 13.5. The highest BCUT2D eigenvalue weighted by atomic mass is 16.6. The zero-order valence-corrected chi connectivity index (χ0v) is 26.5. The van der Waals surface area contributed by atoms with Crippen molar-refractivity contribution in [2.24, 2.45) is 29.6 Å². The summed E-state index contributed by atoms with van der Waals surface area (Å²) in [5, 5.41) is 12.6. The molecule has 2 bridgehead atoms. The average molecular weight is 618 g/mol. The number of aryl methyl sites for hydroxylation is 1. The first-order chi connectivity index (χ1) is 21.7. The molecule has 2 saturated carbocycles. The third kappa shape index (κ3) is 6.29. The van der Waals surface area contributed by atoms with Gasteiger partial charge in [0.15, 0.2) is 5.78 Å². The molecular formula is C34H43N5O6. The van der Waals surface area contributed by atoms with E-state index < -0.39 is 36.1 Å². The van der Waals surface area contributed by atoms with Crippen LogP contribution in [0.15, 0.2) is 18.2 Å². The van der Waals surface area contributed by atoms with Gasteiger partial charge in [0.05, 0.1) is 36.8 Å². The number of hydrogen-bond acceptors (Lipinski definition) is 9. The first-order valence-electron chi connectivity index (χ1n) is 16.3. The summed E-state index contributed by atoms with van der Waals surface area (Å²) in [7, 11) is 1.59. The summed E-state index contributed by atoms with van der Waals surface area (Å²) < 4.78 is 18.0. The average Bonchev–Trinajstić information content (AvgIpc) is 3.56. The van der Waals surface area contributed by atoms with Gasteiger partial charge in [-0.25, -0.2) is 14.8 Å². The number of amides is 2. The first-order valence-corrected chi connectivity index (χ1v) is 16.3. The van der Waals surface area contributed by atoms with Gasteiger partial charge < -0.3 is 24.4 Å². The van der Waals surface area contributed by atoms with Crippen LogP contribution < -0.4 is 14.8 Å². The van der Waals surface area contributed by atoms with E-state index in [1.807, 2.05) is 26.0 Å². The lowest BCUT2D eigenvalue weighted by Crippen LogP contribution is -2.54. The first kappa shape index (κ1) is 31.1. The van der Waals surface area contributed by atoms with Crippen LogP contribution in [0.2, 0.25) is 0 Å². The van der Waals surface area contributed by atoms with Crippen LogP contribution in [0.1, 0.15) is 71.4 Å². The Morgan fingerprint density at radius 2 is 1.93 bits per heavy atom. The van der Waals surface area contributed by atoms with Crippen LogP contribution in [-0.2, 0) is 20.7 Å². The monoisotopic (exact) mass is 617 g/mol. The molecule has 2 aliphatic heterocycles. The standard InChI is InChI=1S/C34H43N5O6/c1-18(2)30-33(41)39-17-29(23(12-13-35)31(39)19(3)40)44-32-26(36-25-11-10-21(43-4)16-27(25)37-32)9-7-5-6-8-22-24-14-20(24)15-28(22)45-34(42)38-30/h10-11,16,18,20,22-24,28-31H,5-9,12,14-15,17H2,1-4H3,(H,38,42)/t20?,22-,23-,24?,28-,29+,30+,31-/m1/s1. The molecule has 2 unspecified atom stereocenters. The maximum atomic E-state index is 14.1. The molecule has 1 aromatic carbocycles. The Labute approximate surface area is 264 Å². The van der Waals surface area contributed by atoms with Crippen LogP contribution in [-0.4, -0.2) is 70.6 Å². The van der Waals surface area contributed by atoms with Crippen LogP contribution >= 0.6 is 0 Å². The Kier molecular flexibility index (Phi) is 8.85. The topological polar surface area (TPSA) is 144 Å². The zero-order chi connectivity index (χ0) is 31.8. The van der Waals surface area contributed by atoms with Crippen molar-refractivity contribution in [3.63, 3.8) is 0 Å². The van der Waals surface area contributed by atoms with E-state index in [-0.39, 0.29) is 30.8 Å². The number of alkyl carbamates (subject to hydrolysis) is 1. The van der Waals surface area contributed by atoms with Gasteiger partial charge in [-0.1, -0.05) is 26.7 Å². The van der Waals surface area contributed by atoms with Gasteiger partial charge in [0.1, 0.15) is 29.7 Å². The van der Waals surface area contributed by atoms with E-state index in [0.717, 1.165) is 37.6 Å². The maximum Gasteiger partial charge on any atom is 0.408 e. The minimum absolute atomic E-state index is 0.01000. The largest absolute Gasteiger partial charge is 0.497 e. The quantitative estimate of drug-likeness (QED) is 0.520. The molecule has 1 saturated heterocycles. The number of nitrogens with one attached hydrogen (secondary N) is 1. The summed E-state index contributed by atoms with van der Waals surface area (Å²) in [5.41, 5.74) is 2.04. The number of fused-ring (bicyclic) bond motifs is 7. The number of Topliss-reactive ketones (excluding diaryl/α,β-unsaturated/α-hetero) is 1. The Hall–Kier alpha value is -3.94. The fourth-order valence-electron chi connectivity index (χ4n) is 7.87. The van der Waals surface area contributed by atoms with Gasteiger partial charge in [0.2, 0.25) is 11.8 Å². The van der Waals surface area contributed by atoms with Crippen molar-refractivity contribution in [3.8, 4) is 17.7 Å². The van der Waals surface area contributed by atoms with Gasteiger partial charge in [0, 0.05) is 18.4 Å². The van der Waals surface area contributed by atoms with Crippen molar-refractivity contribution >= 4 is 28.8 Å². The molecule has 6 rings (SSSR count). The molecule has 45 heavy (non-hydrogen) atoms. The number of benzene rings is 1. The minimum atomic E-state index is -0.905.